The van der Waals surface area contributed by atoms with Crippen LogP contribution in [0.25, 0.3) is 0 Å². The lowest BCUT2D eigenvalue weighted by Gasteiger charge is -2.39. The van der Waals surface area contributed by atoms with E-state index in [9.17, 15) is 22.2 Å². The number of alkyl halides is 3. The zero-order valence-corrected chi connectivity index (χ0v) is 17.0. The van der Waals surface area contributed by atoms with Crippen molar-refractivity contribution in [1.29, 1.82) is 0 Å². The standard InChI is InChI=1S/C18H20F3N5O3S/c1-17(2)10-26(5-6-29-17)15-13(7-11(9-24-15)18(19,20)21)16(27)25-12-3-4-23-14(8-12)30(22)28/h3-4,7-9H,5-6,10,22H2,1-2H3,(H,23,25,27). The summed E-state index contributed by atoms with van der Waals surface area (Å²) in [7, 11) is -1.88. The number of ether oxygens (including phenoxy) is 1. The molecule has 3 heterocycles. The predicted molar refractivity (Wildman–Crippen MR) is 104 cm³/mol. The number of pyridine rings is 2. The van der Waals surface area contributed by atoms with Crippen LogP contribution in [-0.2, 0) is 21.9 Å². The highest BCUT2D eigenvalue weighted by Gasteiger charge is 2.35. The molecule has 12 heteroatoms. The third-order valence-corrected chi connectivity index (χ3v) is 5.00. The lowest BCUT2D eigenvalue weighted by Crippen LogP contribution is -2.49. The number of rotatable bonds is 4. The topological polar surface area (TPSA) is 110 Å². The predicted octanol–water partition coefficient (Wildman–Crippen LogP) is 2.34. The molecule has 1 saturated heterocycles. The highest BCUT2D eigenvalue weighted by atomic mass is 32.2. The maximum Gasteiger partial charge on any atom is 0.417 e. The molecule has 162 valence electrons. The molecule has 1 aliphatic rings. The monoisotopic (exact) mass is 443 g/mol. The number of carbonyl (C=O) groups is 1. The summed E-state index contributed by atoms with van der Waals surface area (Å²) in [4.78, 5) is 22.4. The Morgan fingerprint density at radius 3 is 2.70 bits per heavy atom. The fourth-order valence-electron chi connectivity index (χ4n) is 3.02. The van der Waals surface area contributed by atoms with Gasteiger partial charge < -0.3 is 15.0 Å². The Balaban J connectivity index is 1.98. The molecule has 0 aliphatic carbocycles. The fourth-order valence-corrected chi connectivity index (χ4v) is 3.43. The summed E-state index contributed by atoms with van der Waals surface area (Å²) in [6, 6.07) is 3.46. The van der Waals surface area contributed by atoms with Crippen molar-refractivity contribution in [1.82, 2.24) is 9.97 Å². The Morgan fingerprint density at radius 1 is 1.33 bits per heavy atom. The van der Waals surface area contributed by atoms with Gasteiger partial charge in [-0.1, -0.05) is 0 Å². The molecule has 0 saturated carbocycles. The van der Waals surface area contributed by atoms with Gasteiger partial charge in [0.05, 0.1) is 23.3 Å². The van der Waals surface area contributed by atoms with Gasteiger partial charge >= 0.3 is 6.18 Å². The molecule has 1 amide bonds. The van der Waals surface area contributed by atoms with Crippen LogP contribution in [0.3, 0.4) is 0 Å². The van der Waals surface area contributed by atoms with Gasteiger partial charge in [-0.3, -0.25) is 4.79 Å². The molecule has 1 unspecified atom stereocenters. The van der Waals surface area contributed by atoms with Crippen LogP contribution in [0.5, 0.6) is 0 Å². The van der Waals surface area contributed by atoms with Gasteiger partial charge in [-0.25, -0.2) is 19.3 Å². The maximum absolute atomic E-state index is 13.2. The van der Waals surface area contributed by atoms with E-state index in [4.69, 9.17) is 9.88 Å². The van der Waals surface area contributed by atoms with Crippen molar-refractivity contribution in [3.8, 4) is 0 Å². The number of nitrogens with two attached hydrogens (primary N) is 1. The van der Waals surface area contributed by atoms with E-state index in [1.54, 1.807) is 4.90 Å². The molecular weight excluding hydrogens is 423 g/mol. The molecule has 0 aromatic carbocycles. The first-order valence-corrected chi connectivity index (χ1v) is 10.1. The minimum atomic E-state index is -4.66. The largest absolute Gasteiger partial charge is 0.417 e. The molecule has 0 spiro atoms. The summed E-state index contributed by atoms with van der Waals surface area (Å²) in [5.74, 6) is -0.679. The van der Waals surface area contributed by atoms with Crippen molar-refractivity contribution in [3.05, 3.63) is 41.7 Å². The van der Waals surface area contributed by atoms with Crippen molar-refractivity contribution in [2.24, 2.45) is 5.14 Å². The molecule has 3 N–H and O–H groups in total. The smallest absolute Gasteiger partial charge is 0.372 e. The molecule has 0 bridgehead atoms. The first-order chi connectivity index (χ1) is 14.0. The molecule has 30 heavy (non-hydrogen) atoms. The quantitative estimate of drug-likeness (QED) is 0.751. The van der Waals surface area contributed by atoms with E-state index in [2.05, 4.69) is 15.3 Å². The number of nitrogens with zero attached hydrogens (tertiary/aromatic N) is 3. The Kier molecular flexibility index (Phi) is 6.11. The van der Waals surface area contributed by atoms with Crippen molar-refractivity contribution in [2.75, 3.05) is 29.9 Å². The number of carbonyl (C=O) groups excluding carboxylic acids is 1. The average molecular weight is 443 g/mol. The molecule has 2 aromatic rings. The van der Waals surface area contributed by atoms with Crippen LogP contribution in [0, 0.1) is 0 Å². The Bertz CT molecular complexity index is 984. The van der Waals surface area contributed by atoms with Crippen LogP contribution in [0.4, 0.5) is 24.7 Å². The van der Waals surface area contributed by atoms with Gasteiger partial charge in [-0.15, -0.1) is 0 Å². The van der Waals surface area contributed by atoms with Crippen molar-refractivity contribution < 1.29 is 26.9 Å². The zero-order chi connectivity index (χ0) is 22.1. The summed E-state index contributed by atoms with van der Waals surface area (Å²) in [5.41, 5.74) is -1.65. The van der Waals surface area contributed by atoms with Gasteiger partial charge in [0, 0.05) is 31.2 Å². The summed E-state index contributed by atoms with van der Waals surface area (Å²) in [5, 5.41) is 7.80. The molecule has 1 aliphatic heterocycles. The lowest BCUT2D eigenvalue weighted by molar-refractivity contribution is -0.137. The van der Waals surface area contributed by atoms with Gasteiger partial charge in [0.1, 0.15) is 21.8 Å². The highest BCUT2D eigenvalue weighted by molar-refractivity contribution is 7.82. The van der Waals surface area contributed by atoms with Crippen LogP contribution in [0.2, 0.25) is 0 Å². The highest BCUT2D eigenvalue weighted by Crippen LogP contribution is 2.33. The van der Waals surface area contributed by atoms with E-state index in [-0.39, 0.29) is 22.1 Å². The van der Waals surface area contributed by atoms with Crippen LogP contribution < -0.4 is 15.4 Å². The van der Waals surface area contributed by atoms with Gasteiger partial charge in [0.25, 0.3) is 5.91 Å². The first-order valence-electron chi connectivity index (χ1n) is 8.86. The van der Waals surface area contributed by atoms with E-state index in [1.165, 1.54) is 18.3 Å². The van der Waals surface area contributed by atoms with Crippen LogP contribution in [-0.4, -0.2) is 45.4 Å². The number of amides is 1. The second kappa shape index (κ2) is 8.28. The van der Waals surface area contributed by atoms with Crippen molar-refractivity contribution in [3.63, 3.8) is 0 Å². The summed E-state index contributed by atoms with van der Waals surface area (Å²) >= 11 is 0. The van der Waals surface area contributed by atoms with E-state index >= 15 is 0 Å². The number of hydrogen-bond donors (Lipinski definition) is 2. The van der Waals surface area contributed by atoms with E-state index in [0.29, 0.717) is 25.9 Å². The molecule has 1 atom stereocenters. The third kappa shape index (κ3) is 5.12. The normalized spacial score (nSPS) is 17.5. The summed E-state index contributed by atoms with van der Waals surface area (Å²) < 4.78 is 56.7. The van der Waals surface area contributed by atoms with Crippen LogP contribution in [0.15, 0.2) is 35.6 Å². The Labute approximate surface area is 173 Å². The van der Waals surface area contributed by atoms with Crippen LogP contribution in [0.1, 0.15) is 29.8 Å². The molecule has 2 aromatic heterocycles. The van der Waals surface area contributed by atoms with Gasteiger partial charge in [0.2, 0.25) is 0 Å². The fraction of sp³-hybridized carbons (Fsp3) is 0.389. The molecule has 1 fully saturated rings. The molecule has 8 nitrogen and oxygen atoms in total. The number of anilines is 2. The number of morpholine rings is 1. The van der Waals surface area contributed by atoms with Gasteiger partial charge in [0.15, 0.2) is 0 Å². The maximum atomic E-state index is 13.2. The van der Waals surface area contributed by atoms with Gasteiger partial charge in [-0.2, -0.15) is 13.2 Å². The minimum absolute atomic E-state index is 0.0186. The van der Waals surface area contributed by atoms with Crippen LogP contribution >= 0.6 is 0 Å². The van der Waals surface area contributed by atoms with E-state index < -0.39 is 34.2 Å². The number of halogens is 3. The second-order valence-electron chi connectivity index (χ2n) is 7.26. The average Bonchev–Trinajstić information content (AvgIpc) is 2.66. The number of hydrogen-bond acceptors (Lipinski definition) is 6. The number of nitrogens with one attached hydrogen (secondary N) is 1. The molecule has 0 radical (unpaired) electrons. The Hall–Kier alpha value is -2.57. The number of aromatic nitrogens is 2. The van der Waals surface area contributed by atoms with E-state index in [0.717, 1.165) is 6.07 Å². The van der Waals surface area contributed by atoms with Crippen molar-refractivity contribution in [2.45, 2.75) is 30.7 Å². The SMILES string of the molecule is CC1(C)CN(c2ncc(C(F)(F)F)cc2C(=O)Nc2ccnc(S(N)=O)c2)CCO1. The summed E-state index contributed by atoms with van der Waals surface area (Å²) in [6.45, 7) is 4.74. The van der Waals surface area contributed by atoms with Crippen molar-refractivity contribution >= 4 is 28.4 Å². The van der Waals surface area contributed by atoms with Gasteiger partial charge in [-0.05, 0) is 32.0 Å². The van der Waals surface area contributed by atoms with E-state index in [1.807, 2.05) is 13.8 Å². The zero-order valence-electron chi connectivity index (χ0n) is 16.2. The molecule has 3 rings (SSSR count). The third-order valence-electron chi connectivity index (χ3n) is 4.36. The summed E-state index contributed by atoms with van der Waals surface area (Å²) in [6.07, 6.45) is -2.67. The molecular formula is C18H20F3N5O3S. The minimum Gasteiger partial charge on any atom is -0.372 e. The Morgan fingerprint density at radius 2 is 2.07 bits per heavy atom. The lowest BCUT2D eigenvalue weighted by atomic mass is 10.1. The second-order valence-corrected chi connectivity index (χ2v) is 8.27. The first kappa shape index (κ1) is 22.1.